The molecule has 1 saturated heterocycles. The molecule has 0 radical (unpaired) electrons. The van der Waals surface area contributed by atoms with Gasteiger partial charge < -0.3 is 9.47 Å². The van der Waals surface area contributed by atoms with Gasteiger partial charge in [0.25, 0.3) is 0 Å². The smallest absolute Gasteiger partial charge is 0.416 e. The van der Waals surface area contributed by atoms with E-state index in [-0.39, 0.29) is 5.75 Å². The lowest BCUT2D eigenvalue weighted by molar-refractivity contribution is -0.137. The monoisotopic (exact) mass is 357 g/mol. The maximum atomic E-state index is 13.0. The molecule has 1 aromatic rings. The van der Waals surface area contributed by atoms with Crippen LogP contribution in [-0.4, -0.2) is 28.7 Å². The molecular formula is C18H22F3NO3. The average molecular weight is 357 g/mol. The number of benzene rings is 1. The Kier molecular flexibility index (Phi) is 3.96. The highest BCUT2D eigenvalue weighted by molar-refractivity contribution is 5.70. The minimum absolute atomic E-state index is 0.192. The fourth-order valence-corrected chi connectivity index (χ4v) is 3.59. The predicted octanol–water partition coefficient (Wildman–Crippen LogP) is 4.93. The minimum atomic E-state index is -4.43. The molecule has 0 N–H and O–H groups in total. The quantitative estimate of drug-likeness (QED) is 0.661. The Morgan fingerprint density at radius 2 is 2.00 bits per heavy atom. The second kappa shape index (κ2) is 5.54. The lowest BCUT2D eigenvalue weighted by Crippen LogP contribution is -2.52. The van der Waals surface area contributed by atoms with Gasteiger partial charge in [0.05, 0.1) is 5.56 Å². The molecule has 4 nitrogen and oxygen atoms in total. The summed E-state index contributed by atoms with van der Waals surface area (Å²) in [7, 11) is 0. The SMILES string of the molecule is CC(C)(C)OC(=O)N1CCC[C@]2(C)Oc3cc(C(F)(F)F)ccc3[C@H]12. The number of likely N-dealkylation sites (tertiary alicyclic amines) is 1. The number of rotatable bonds is 0. The molecule has 2 atom stereocenters. The fraction of sp³-hybridized carbons (Fsp3) is 0.611. The number of nitrogens with zero attached hydrogens (tertiary/aromatic N) is 1. The third kappa shape index (κ3) is 3.28. The lowest BCUT2D eigenvalue weighted by atomic mass is 9.84. The molecule has 0 unspecified atom stereocenters. The van der Waals surface area contributed by atoms with E-state index in [0.29, 0.717) is 24.9 Å². The van der Waals surface area contributed by atoms with Crippen molar-refractivity contribution in [1.82, 2.24) is 4.90 Å². The van der Waals surface area contributed by atoms with E-state index < -0.39 is 35.1 Å². The molecule has 0 saturated carbocycles. The first-order chi connectivity index (χ1) is 11.4. The maximum absolute atomic E-state index is 13.0. The van der Waals surface area contributed by atoms with Crippen LogP contribution in [0.2, 0.25) is 0 Å². The van der Waals surface area contributed by atoms with Gasteiger partial charge in [0, 0.05) is 12.1 Å². The third-order valence-electron chi connectivity index (χ3n) is 4.57. The Morgan fingerprint density at radius 3 is 2.60 bits per heavy atom. The van der Waals surface area contributed by atoms with Crippen molar-refractivity contribution in [2.24, 2.45) is 0 Å². The molecular weight excluding hydrogens is 335 g/mol. The number of fused-ring (bicyclic) bond motifs is 3. The number of alkyl halides is 3. The van der Waals surface area contributed by atoms with Gasteiger partial charge in [-0.15, -0.1) is 0 Å². The molecule has 2 heterocycles. The zero-order valence-corrected chi connectivity index (χ0v) is 14.7. The van der Waals surface area contributed by atoms with E-state index in [2.05, 4.69) is 0 Å². The summed E-state index contributed by atoms with van der Waals surface area (Å²) in [5.41, 5.74) is -1.55. The van der Waals surface area contributed by atoms with Gasteiger partial charge >= 0.3 is 12.3 Å². The molecule has 1 fully saturated rings. The number of carbonyl (C=O) groups excluding carboxylic acids is 1. The van der Waals surface area contributed by atoms with Crippen LogP contribution in [0, 0.1) is 0 Å². The highest BCUT2D eigenvalue weighted by atomic mass is 19.4. The van der Waals surface area contributed by atoms with Crippen molar-refractivity contribution < 1.29 is 27.4 Å². The van der Waals surface area contributed by atoms with Gasteiger partial charge in [-0.3, -0.25) is 4.90 Å². The number of hydrogen-bond acceptors (Lipinski definition) is 3. The summed E-state index contributed by atoms with van der Waals surface area (Å²) < 4.78 is 50.3. The van der Waals surface area contributed by atoms with Crippen LogP contribution in [0.15, 0.2) is 18.2 Å². The zero-order chi connectivity index (χ0) is 18.6. The van der Waals surface area contributed by atoms with Crippen molar-refractivity contribution in [3.63, 3.8) is 0 Å². The summed E-state index contributed by atoms with van der Waals surface area (Å²) in [5.74, 6) is 0.192. The summed E-state index contributed by atoms with van der Waals surface area (Å²) in [5, 5.41) is 0. The molecule has 0 spiro atoms. The molecule has 25 heavy (non-hydrogen) atoms. The summed E-state index contributed by atoms with van der Waals surface area (Å²) in [4.78, 5) is 14.2. The number of halogens is 3. The molecule has 3 rings (SSSR count). The first kappa shape index (κ1) is 17.9. The normalized spacial score (nSPS) is 25.9. The van der Waals surface area contributed by atoms with E-state index in [1.165, 1.54) is 6.07 Å². The molecule has 1 aromatic carbocycles. The van der Waals surface area contributed by atoms with Gasteiger partial charge in [0.1, 0.15) is 23.0 Å². The Bertz CT molecular complexity index is 696. The summed E-state index contributed by atoms with van der Waals surface area (Å²) in [6.07, 6.45) is -3.54. The second-order valence-electron chi connectivity index (χ2n) is 7.84. The maximum Gasteiger partial charge on any atom is 0.416 e. The van der Waals surface area contributed by atoms with Crippen LogP contribution < -0.4 is 4.74 Å². The predicted molar refractivity (Wildman–Crippen MR) is 85.4 cm³/mol. The average Bonchev–Trinajstić information content (AvgIpc) is 2.75. The Morgan fingerprint density at radius 1 is 1.32 bits per heavy atom. The highest BCUT2D eigenvalue weighted by Crippen LogP contribution is 2.52. The van der Waals surface area contributed by atoms with Crippen LogP contribution in [0.4, 0.5) is 18.0 Å². The second-order valence-corrected chi connectivity index (χ2v) is 7.84. The third-order valence-corrected chi connectivity index (χ3v) is 4.57. The van der Waals surface area contributed by atoms with Gasteiger partial charge in [0.2, 0.25) is 0 Å². The number of piperidine rings is 1. The molecule has 0 bridgehead atoms. The van der Waals surface area contributed by atoms with Crippen molar-refractivity contribution in [2.45, 2.75) is 64.0 Å². The van der Waals surface area contributed by atoms with Crippen molar-refractivity contribution in [1.29, 1.82) is 0 Å². The Hall–Kier alpha value is -1.92. The van der Waals surface area contributed by atoms with Crippen LogP contribution in [0.25, 0.3) is 0 Å². The first-order valence-electron chi connectivity index (χ1n) is 8.30. The molecule has 1 amide bonds. The van der Waals surface area contributed by atoms with Crippen molar-refractivity contribution in [3.8, 4) is 5.75 Å². The zero-order valence-electron chi connectivity index (χ0n) is 14.7. The van der Waals surface area contributed by atoms with Crippen LogP contribution >= 0.6 is 0 Å². The van der Waals surface area contributed by atoms with E-state index >= 15 is 0 Å². The largest absolute Gasteiger partial charge is 0.485 e. The molecule has 0 aromatic heterocycles. The standard InChI is InChI=1S/C18H22F3NO3/c1-16(2,3)25-15(23)22-9-5-8-17(4)14(22)12-7-6-11(18(19,20)21)10-13(12)24-17/h6-7,10,14H,5,8-9H2,1-4H3/t14-,17-/m0/s1. The molecule has 7 heteroatoms. The van der Waals surface area contributed by atoms with E-state index in [9.17, 15) is 18.0 Å². The van der Waals surface area contributed by atoms with Crippen LogP contribution in [0.1, 0.15) is 57.7 Å². The van der Waals surface area contributed by atoms with Crippen molar-refractivity contribution in [3.05, 3.63) is 29.3 Å². The number of amides is 1. The topological polar surface area (TPSA) is 38.8 Å². The van der Waals surface area contributed by atoms with Gasteiger partial charge in [0.15, 0.2) is 0 Å². The first-order valence-corrected chi connectivity index (χ1v) is 8.30. The molecule has 138 valence electrons. The summed E-state index contributed by atoms with van der Waals surface area (Å²) in [6.45, 7) is 7.66. The Labute approximate surface area is 144 Å². The summed E-state index contributed by atoms with van der Waals surface area (Å²) >= 11 is 0. The number of hydrogen-bond donors (Lipinski definition) is 0. The van der Waals surface area contributed by atoms with Crippen molar-refractivity contribution >= 4 is 6.09 Å². The number of ether oxygens (including phenoxy) is 2. The van der Waals surface area contributed by atoms with E-state index in [0.717, 1.165) is 12.1 Å². The van der Waals surface area contributed by atoms with E-state index in [1.54, 1.807) is 25.7 Å². The molecule has 2 aliphatic heterocycles. The van der Waals surface area contributed by atoms with Crippen LogP contribution in [-0.2, 0) is 10.9 Å². The fourth-order valence-electron chi connectivity index (χ4n) is 3.59. The lowest BCUT2D eigenvalue weighted by Gasteiger charge is -2.43. The Balaban J connectivity index is 1.97. The van der Waals surface area contributed by atoms with Crippen LogP contribution in [0.5, 0.6) is 5.75 Å². The van der Waals surface area contributed by atoms with Gasteiger partial charge in [-0.25, -0.2) is 4.79 Å². The van der Waals surface area contributed by atoms with Gasteiger partial charge in [-0.2, -0.15) is 13.2 Å². The minimum Gasteiger partial charge on any atom is -0.485 e. The van der Waals surface area contributed by atoms with Gasteiger partial charge in [-0.05, 0) is 52.7 Å². The number of carbonyl (C=O) groups is 1. The van der Waals surface area contributed by atoms with Crippen LogP contribution in [0.3, 0.4) is 0 Å². The highest BCUT2D eigenvalue weighted by Gasteiger charge is 2.52. The molecule has 2 aliphatic rings. The van der Waals surface area contributed by atoms with E-state index in [4.69, 9.17) is 9.47 Å². The summed E-state index contributed by atoms with van der Waals surface area (Å²) in [6, 6.07) is 3.02. The van der Waals surface area contributed by atoms with Gasteiger partial charge in [-0.1, -0.05) is 6.07 Å². The van der Waals surface area contributed by atoms with E-state index in [1.807, 2.05) is 6.92 Å². The molecule has 0 aliphatic carbocycles. The van der Waals surface area contributed by atoms with Crippen molar-refractivity contribution in [2.75, 3.05) is 6.54 Å².